The van der Waals surface area contributed by atoms with Crippen LogP contribution in [0, 0.1) is 6.92 Å². The Morgan fingerprint density at radius 2 is 1.57 bits per heavy atom. The van der Waals surface area contributed by atoms with E-state index < -0.39 is 0 Å². The molecule has 0 amide bonds. The molecule has 78 valence electrons. The topological polar surface area (TPSA) is 20.2 Å². The first kappa shape index (κ1) is 11.3. The van der Waals surface area contributed by atoms with Gasteiger partial charge in [0.15, 0.2) is 0 Å². The lowest BCUT2D eigenvalue weighted by Gasteiger charge is -2.01. The molecule has 0 spiro atoms. The highest BCUT2D eigenvalue weighted by Gasteiger charge is 1.93. The maximum Gasteiger partial charge on any atom is 0.0431 e. The molecule has 1 N–H and O–H groups in total. The summed E-state index contributed by atoms with van der Waals surface area (Å²) in [6, 6.07) is 8.76. The second-order valence-electron chi connectivity index (χ2n) is 3.87. The summed E-state index contributed by atoms with van der Waals surface area (Å²) in [4.78, 5) is 0. The molecule has 0 heterocycles. The molecule has 0 radical (unpaired) electrons. The lowest BCUT2D eigenvalue weighted by Crippen LogP contribution is -1.87. The van der Waals surface area contributed by atoms with Crippen molar-refractivity contribution in [3.63, 3.8) is 0 Å². The number of benzene rings is 1. The standard InChI is InChI=1S/C13H20O/c1-12-7-9-13(10-8-12)6-4-2-3-5-11-14/h7-10,14H,2-6,11H2,1H3. The number of hydrogen-bond acceptors (Lipinski definition) is 1. The fourth-order valence-corrected chi connectivity index (χ4v) is 1.55. The number of aliphatic hydroxyl groups is 1. The first-order valence-corrected chi connectivity index (χ1v) is 5.49. The van der Waals surface area contributed by atoms with Crippen molar-refractivity contribution in [3.05, 3.63) is 35.4 Å². The lowest BCUT2D eigenvalue weighted by atomic mass is 10.1. The first-order valence-electron chi connectivity index (χ1n) is 5.49. The summed E-state index contributed by atoms with van der Waals surface area (Å²) >= 11 is 0. The molecule has 0 bridgehead atoms. The Bertz CT molecular complexity index is 238. The molecule has 1 nitrogen and oxygen atoms in total. The van der Waals surface area contributed by atoms with E-state index in [-0.39, 0.29) is 0 Å². The van der Waals surface area contributed by atoms with Crippen molar-refractivity contribution in [3.8, 4) is 0 Å². The average molecular weight is 192 g/mol. The van der Waals surface area contributed by atoms with Crippen LogP contribution in [0.3, 0.4) is 0 Å². The summed E-state index contributed by atoms with van der Waals surface area (Å²) in [5.74, 6) is 0. The van der Waals surface area contributed by atoms with Crippen molar-refractivity contribution in [2.45, 2.75) is 39.0 Å². The number of unbranched alkanes of at least 4 members (excludes halogenated alkanes) is 3. The molecule has 0 aliphatic heterocycles. The summed E-state index contributed by atoms with van der Waals surface area (Å²) in [6.45, 7) is 2.45. The molecular formula is C13H20O. The van der Waals surface area contributed by atoms with Gasteiger partial charge in [-0.1, -0.05) is 42.7 Å². The highest BCUT2D eigenvalue weighted by atomic mass is 16.2. The van der Waals surface area contributed by atoms with Crippen LogP contribution in [0.5, 0.6) is 0 Å². The molecule has 0 aliphatic rings. The molecule has 1 aromatic rings. The van der Waals surface area contributed by atoms with E-state index >= 15 is 0 Å². The van der Waals surface area contributed by atoms with E-state index in [9.17, 15) is 0 Å². The first-order chi connectivity index (χ1) is 6.83. The molecule has 0 saturated carbocycles. The Balaban J connectivity index is 2.15. The number of aliphatic hydroxyl groups excluding tert-OH is 1. The van der Waals surface area contributed by atoms with E-state index in [1.165, 1.54) is 30.4 Å². The van der Waals surface area contributed by atoms with Gasteiger partial charge in [0.25, 0.3) is 0 Å². The Morgan fingerprint density at radius 1 is 0.929 bits per heavy atom. The van der Waals surface area contributed by atoms with Crippen LogP contribution < -0.4 is 0 Å². The second kappa shape index (κ2) is 6.61. The molecule has 1 rings (SSSR count). The van der Waals surface area contributed by atoms with Gasteiger partial charge in [0.1, 0.15) is 0 Å². The van der Waals surface area contributed by atoms with Gasteiger partial charge in [0.2, 0.25) is 0 Å². The molecule has 14 heavy (non-hydrogen) atoms. The summed E-state index contributed by atoms with van der Waals surface area (Å²) < 4.78 is 0. The number of aryl methyl sites for hydroxylation is 2. The van der Waals surface area contributed by atoms with Crippen LogP contribution >= 0.6 is 0 Å². The zero-order chi connectivity index (χ0) is 10.2. The third-order valence-electron chi connectivity index (χ3n) is 2.49. The third kappa shape index (κ3) is 4.43. The van der Waals surface area contributed by atoms with Crippen molar-refractivity contribution < 1.29 is 5.11 Å². The molecule has 0 saturated heterocycles. The predicted octanol–water partition coefficient (Wildman–Crippen LogP) is 3.09. The van der Waals surface area contributed by atoms with E-state index in [2.05, 4.69) is 31.2 Å². The maximum absolute atomic E-state index is 8.61. The molecule has 1 heteroatoms. The largest absolute Gasteiger partial charge is 0.396 e. The van der Waals surface area contributed by atoms with Crippen molar-refractivity contribution in [1.82, 2.24) is 0 Å². The van der Waals surface area contributed by atoms with Crippen molar-refractivity contribution in [2.75, 3.05) is 6.61 Å². The van der Waals surface area contributed by atoms with Gasteiger partial charge in [0.05, 0.1) is 0 Å². The van der Waals surface area contributed by atoms with Gasteiger partial charge in [-0.05, 0) is 31.7 Å². The van der Waals surface area contributed by atoms with Gasteiger partial charge in [-0.25, -0.2) is 0 Å². The van der Waals surface area contributed by atoms with Gasteiger partial charge in [-0.15, -0.1) is 0 Å². The van der Waals surface area contributed by atoms with Crippen LogP contribution in [0.25, 0.3) is 0 Å². The normalized spacial score (nSPS) is 10.4. The molecular weight excluding hydrogens is 172 g/mol. The number of hydrogen-bond donors (Lipinski definition) is 1. The quantitative estimate of drug-likeness (QED) is 0.687. The van der Waals surface area contributed by atoms with Crippen LogP contribution in [-0.4, -0.2) is 11.7 Å². The van der Waals surface area contributed by atoms with Crippen molar-refractivity contribution >= 4 is 0 Å². The number of rotatable bonds is 6. The van der Waals surface area contributed by atoms with Crippen molar-refractivity contribution in [1.29, 1.82) is 0 Å². The molecule has 1 aromatic carbocycles. The van der Waals surface area contributed by atoms with E-state index in [0.29, 0.717) is 6.61 Å². The lowest BCUT2D eigenvalue weighted by molar-refractivity contribution is 0.282. The fourth-order valence-electron chi connectivity index (χ4n) is 1.55. The molecule has 0 aromatic heterocycles. The Kier molecular flexibility index (Phi) is 5.31. The van der Waals surface area contributed by atoms with Crippen LogP contribution in [0.4, 0.5) is 0 Å². The van der Waals surface area contributed by atoms with Gasteiger partial charge >= 0.3 is 0 Å². The van der Waals surface area contributed by atoms with Gasteiger partial charge < -0.3 is 5.11 Å². The Labute approximate surface area is 86.8 Å². The summed E-state index contributed by atoms with van der Waals surface area (Å²) in [5, 5.41) is 8.61. The average Bonchev–Trinajstić information content (AvgIpc) is 2.21. The van der Waals surface area contributed by atoms with Gasteiger partial charge in [-0.2, -0.15) is 0 Å². The van der Waals surface area contributed by atoms with E-state index in [1.807, 2.05) is 0 Å². The molecule has 0 aliphatic carbocycles. The van der Waals surface area contributed by atoms with E-state index in [1.54, 1.807) is 0 Å². The highest BCUT2D eigenvalue weighted by Crippen LogP contribution is 2.08. The van der Waals surface area contributed by atoms with E-state index in [4.69, 9.17) is 5.11 Å². The van der Waals surface area contributed by atoms with Crippen molar-refractivity contribution in [2.24, 2.45) is 0 Å². The van der Waals surface area contributed by atoms with Crippen LogP contribution in [0.15, 0.2) is 24.3 Å². The Morgan fingerprint density at radius 3 is 2.21 bits per heavy atom. The minimum absolute atomic E-state index is 0.338. The molecule has 0 fully saturated rings. The molecule has 0 atom stereocenters. The minimum atomic E-state index is 0.338. The third-order valence-corrected chi connectivity index (χ3v) is 2.49. The van der Waals surface area contributed by atoms with Gasteiger partial charge in [0, 0.05) is 6.61 Å². The predicted molar refractivity (Wildman–Crippen MR) is 60.4 cm³/mol. The zero-order valence-corrected chi connectivity index (χ0v) is 9.00. The smallest absolute Gasteiger partial charge is 0.0431 e. The zero-order valence-electron chi connectivity index (χ0n) is 9.00. The molecule has 0 unspecified atom stereocenters. The maximum atomic E-state index is 8.61. The Hall–Kier alpha value is -0.820. The monoisotopic (exact) mass is 192 g/mol. The summed E-state index contributed by atoms with van der Waals surface area (Å²) in [7, 11) is 0. The van der Waals surface area contributed by atoms with Crippen LogP contribution in [-0.2, 0) is 6.42 Å². The SMILES string of the molecule is Cc1ccc(CCCCCCO)cc1. The van der Waals surface area contributed by atoms with E-state index in [0.717, 1.165) is 12.8 Å². The minimum Gasteiger partial charge on any atom is -0.396 e. The summed E-state index contributed by atoms with van der Waals surface area (Å²) in [5.41, 5.74) is 2.76. The second-order valence-corrected chi connectivity index (χ2v) is 3.87. The van der Waals surface area contributed by atoms with Crippen LogP contribution in [0.1, 0.15) is 36.8 Å². The summed E-state index contributed by atoms with van der Waals surface area (Å²) in [6.07, 6.45) is 5.75. The fraction of sp³-hybridized carbons (Fsp3) is 0.538. The van der Waals surface area contributed by atoms with Crippen LogP contribution in [0.2, 0.25) is 0 Å². The van der Waals surface area contributed by atoms with Gasteiger partial charge in [-0.3, -0.25) is 0 Å². The highest BCUT2D eigenvalue weighted by molar-refractivity contribution is 5.21.